The minimum atomic E-state index is -0.297. The van der Waals surface area contributed by atoms with Crippen molar-refractivity contribution in [3.05, 3.63) is 24.0 Å². The standard InChI is InChI=1S/C17H23FN4O/c18-15-10-13(20-7-2-1-3-8-20)4-5-16(15)22-12-14-11-19-6-9-21(14)17(22)23/h4-5,10,14,19H,1-3,6-9,11-12H2/t14-/m0/s1. The van der Waals surface area contributed by atoms with Gasteiger partial charge in [-0.2, -0.15) is 0 Å². The Balaban J connectivity index is 1.56. The van der Waals surface area contributed by atoms with Gasteiger partial charge < -0.3 is 15.1 Å². The van der Waals surface area contributed by atoms with Crippen molar-refractivity contribution in [1.29, 1.82) is 0 Å². The Hall–Kier alpha value is -1.82. The van der Waals surface area contributed by atoms with Crippen molar-refractivity contribution in [2.45, 2.75) is 25.3 Å². The first-order valence-corrected chi connectivity index (χ1v) is 8.57. The van der Waals surface area contributed by atoms with E-state index < -0.39 is 0 Å². The van der Waals surface area contributed by atoms with Crippen LogP contribution in [-0.2, 0) is 0 Å². The third-order valence-corrected chi connectivity index (χ3v) is 5.16. The van der Waals surface area contributed by atoms with Crippen molar-refractivity contribution in [1.82, 2.24) is 10.2 Å². The predicted octanol–water partition coefficient (Wildman–Crippen LogP) is 2.03. The summed E-state index contributed by atoms with van der Waals surface area (Å²) in [6.45, 7) is 4.84. The molecule has 3 heterocycles. The van der Waals surface area contributed by atoms with Crippen molar-refractivity contribution in [2.24, 2.45) is 0 Å². The van der Waals surface area contributed by atoms with Crippen LogP contribution in [0.2, 0.25) is 0 Å². The molecule has 0 aromatic heterocycles. The molecule has 2 amide bonds. The molecule has 0 aliphatic carbocycles. The van der Waals surface area contributed by atoms with Crippen LogP contribution in [0.1, 0.15) is 19.3 Å². The topological polar surface area (TPSA) is 38.8 Å². The molecule has 0 spiro atoms. The van der Waals surface area contributed by atoms with Crippen LogP contribution in [0.25, 0.3) is 0 Å². The fourth-order valence-electron chi connectivity index (χ4n) is 3.88. The van der Waals surface area contributed by atoms with Crippen LogP contribution in [0, 0.1) is 5.82 Å². The van der Waals surface area contributed by atoms with Gasteiger partial charge in [-0.05, 0) is 37.5 Å². The first-order chi connectivity index (χ1) is 11.2. The number of halogens is 1. The molecule has 1 aromatic rings. The minimum absolute atomic E-state index is 0.0684. The molecule has 23 heavy (non-hydrogen) atoms. The van der Waals surface area contributed by atoms with Gasteiger partial charge in [0.15, 0.2) is 0 Å². The Kier molecular flexibility index (Phi) is 3.85. The van der Waals surface area contributed by atoms with Crippen LogP contribution < -0.4 is 15.1 Å². The summed E-state index contributed by atoms with van der Waals surface area (Å²) in [7, 11) is 0. The summed E-state index contributed by atoms with van der Waals surface area (Å²) >= 11 is 0. The molecule has 4 rings (SSSR count). The Bertz CT molecular complexity index is 602. The second-order valence-corrected chi connectivity index (χ2v) is 6.63. The number of anilines is 2. The van der Waals surface area contributed by atoms with Gasteiger partial charge in [0.2, 0.25) is 0 Å². The number of benzene rings is 1. The molecule has 3 aliphatic heterocycles. The highest BCUT2D eigenvalue weighted by Crippen LogP contribution is 2.30. The molecule has 0 saturated carbocycles. The number of amides is 2. The summed E-state index contributed by atoms with van der Waals surface area (Å²) in [6.07, 6.45) is 3.58. The lowest BCUT2D eigenvalue weighted by atomic mass is 10.1. The second kappa shape index (κ2) is 6.00. The molecule has 0 unspecified atom stereocenters. The fourth-order valence-corrected chi connectivity index (χ4v) is 3.88. The fraction of sp³-hybridized carbons (Fsp3) is 0.588. The lowest BCUT2D eigenvalue weighted by Gasteiger charge is -2.29. The van der Waals surface area contributed by atoms with Crippen LogP contribution in [0.3, 0.4) is 0 Å². The molecule has 1 aromatic carbocycles. The highest BCUT2D eigenvalue weighted by atomic mass is 19.1. The van der Waals surface area contributed by atoms with Crippen molar-refractivity contribution in [3.8, 4) is 0 Å². The van der Waals surface area contributed by atoms with Gasteiger partial charge >= 0.3 is 6.03 Å². The Morgan fingerprint density at radius 3 is 2.70 bits per heavy atom. The molecule has 124 valence electrons. The lowest BCUT2D eigenvalue weighted by Crippen LogP contribution is -2.49. The summed E-state index contributed by atoms with van der Waals surface area (Å²) in [5.74, 6) is -0.297. The third kappa shape index (κ3) is 2.65. The quantitative estimate of drug-likeness (QED) is 0.907. The number of carbonyl (C=O) groups is 1. The summed E-state index contributed by atoms with van der Waals surface area (Å²) in [5.41, 5.74) is 1.34. The number of fused-ring (bicyclic) bond motifs is 1. The Labute approximate surface area is 136 Å². The van der Waals surface area contributed by atoms with E-state index in [1.807, 2.05) is 11.0 Å². The zero-order valence-corrected chi connectivity index (χ0v) is 13.3. The van der Waals surface area contributed by atoms with E-state index in [1.165, 1.54) is 6.42 Å². The van der Waals surface area contributed by atoms with Crippen LogP contribution in [0.15, 0.2) is 18.2 Å². The largest absolute Gasteiger partial charge is 0.371 e. The molecule has 5 nitrogen and oxygen atoms in total. The van der Waals surface area contributed by atoms with Gasteiger partial charge in [0, 0.05) is 45.0 Å². The van der Waals surface area contributed by atoms with Crippen LogP contribution in [0.5, 0.6) is 0 Å². The van der Waals surface area contributed by atoms with Crippen LogP contribution in [-0.4, -0.2) is 56.2 Å². The number of carbonyl (C=O) groups excluding carboxylic acids is 1. The third-order valence-electron chi connectivity index (χ3n) is 5.16. The lowest BCUT2D eigenvalue weighted by molar-refractivity contribution is 0.193. The molecule has 1 atom stereocenters. The summed E-state index contributed by atoms with van der Waals surface area (Å²) in [6, 6.07) is 5.39. The summed E-state index contributed by atoms with van der Waals surface area (Å²) < 4.78 is 14.7. The van der Waals surface area contributed by atoms with Gasteiger partial charge in [0.05, 0.1) is 11.7 Å². The maximum atomic E-state index is 14.7. The van der Waals surface area contributed by atoms with Crippen molar-refractivity contribution in [3.63, 3.8) is 0 Å². The Morgan fingerprint density at radius 2 is 1.96 bits per heavy atom. The highest BCUT2D eigenvalue weighted by Gasteiger charge is 2.40. The molecule has 1 N–H and O–H groups in total. The molecule has 3 saturated heterocycles. The van der Waals surface area contributed by atoms with Crippen molar-refractivity contribution >= 4 is 17.4 Å². The molecule has 6 heteroatoms. The highest BCUT2D eigenvalue weighted by molar-refractivity contribution is 5.95. The average Bonchev–Trinajstić information content (AvgIpc) is 2.93. The second-order valence-electron chi connectivity index (χ2n) is 6.63. The molecular formula is C17H23FN4O. The summed E-state index contributed by atoms with van der Waals surface area (Å²) in [4.78, 5) is 18.2. The average molecular weight is 318 g/mol. The smallest absolute Gasteiger partial charge is 0.325 e. The van der Waals surface area contributed by atoms with Gasteiger partial charge in [-0.3, -0.25) is 4.90 Å². The number of urea groups is 1. The van der Waals surface area contributed by atoms with Crippen molar-refractivity contribution < 1.29 is 9.18 Å². The number of rotatable bonds is 2. The van der Waals surface area contributed by atoms with E-state index in [9.17, 15) is 9.18 Å². The number of hydrogen-bond acceptors (Lipinski definition) is 3. The summed E-state index contributed by atoms with van der Waals surface area (Å²) in [5, 5.41) is 3.29. The maximum Gasteiger partial charge on any atom is 0.325 e. The molecule has 3 fully saturated rings. The van der Waals surface area contributed by atoms with E-state index in [-0.39, 0.29) is 17.9 Å². The van der Waals surface area contributed by atoms with E-state index >= 15 is 0 Å². The maximum absolute atomic E-state index is 14.7. The van der Waals surface area contributed by atoms with Crippen LogP contribution >= 0.6 is 0 Å². The first kappa shape index (κ1) is 14.8. The van der Waals surface area contributed by atoms with Gasteiger partial charge in [-0.15, -0.1) is 0 Å². The van der Waals surface area contributed by atoms with E-state index in [0.717, 1.165) is 44.7 Å². The van der Waals surface area contributed by atoms with Crippen molar-refractivity contribution in [2.75, 3.05) is 49.1 Å². The molecule has 0 bridgehead atoms. The zero-order chi connectivity index (χ0) is 15.8. The van der Waals surface area contributed by atoms with Gasteiger partial charge in [-0.25, -0.2) is 9.18 Å². The minimum Gasteiger partial charge on any atom is -0.371 e. The Morgan fingerprint density at radius 1 is 1.13 bits per heavy atom. The number of nitrogens with one attached hydrogen (secondary N) is 1. The monoisotopic (exact) mass is 318 g/mol. The SMILES string of the molecule is O=C1N(c2ccc(N3CCCCC3)cc2F)C[C@@H]2CNCCN12. The van der Waals surface area contributed by atoms with E-state index in [4.69, 9.17) is 0 Å². The molecule has 0 radical (unpaired) electrons. The van der Waals surface area contributed by atoms with Gasteiger partial charge in [0.25, 0.3) is 0 Å². The molecular weight excluding hydrogens is 295 g/mol. The number of hydrogen-bond donors (Lipinski definition) is 1. The predicted molar refractivity (Wildman–Crippen MR) is 88.6 cm³/mol. The first-order valence-electron chi connectivity index (χ1n) is 8.57. The van der Waals surface area contributed by atoms with E-state index in [1.54, 1.807) is 17.0 Å². The zero-order valence-electron chi connectivity index (χ0n) is 13.3. The number of piperidine rings is 1. The number of piperazine rings is 1. The van der Waals surface area contributed by atoms with E-state index in [0.29, 0.717) is 18.8 Å². The molecule has 3 aliphatic rings. The van der Waals surface area contributed by atoms with E-state index in [2.05, 4.69) is 10.2 Å². The van der Waals surface area contributed by atoms with Gasteiger partial charge in [0.1, 0.15) is 5.82 Å². The van der Waals surface area contributed by atoms with Gasteiger partial charge in [-0.1, -0.05) is 0 Å². The normalized spacial score (nSPS) is 25.0. The van der Waals surface area contributed by atoms with Crippen LogP contribution in [0.4, 0.5) is 20.6 Å². The number of nitrogens with zero attached hydrogens (tertiary/aromatic N) is 3.